The molecule has 6 heteroatoms. The van der Waals surface area contributed by atoms with Gasteiger partial charge in [-0.05, 0) is 55.8 Å². The van der Waals surface area contributed by atoms with Gasteiger partial charge in [-0.25, -0.2) is 9.79 Å². The van der Waals surface area contributed by atoms with Crippen molar-refractivity contribution < 1.29 is 19.0 Å². The average Bonchev–Trinajstić information content (AvgIpc) is 2.95. The van der Waals surface area contributed by atoms with Crippen molar-refractivity contribution >= 4 is 29.5 Å². The number of cyclic esters (lactones) is 1. The van der Waals surface area contributed by atoms with Gasteiger partial charge >= 0.3 is 5.97 Å². The van der Waals surface area contributed by atoms with E-state index in [0.29, 0.717) is 22.1 Å². The van der Waals surface area contributed by atoms with Gasteiger partial charge in [0.05, 0.1) is 13.2 Å². The van der Waals surface area contributed by atoms with Gasteiger partial charge in [-0.15, -0.1) is 0 Å². The third-order valence-electron chi connectivity index (χ3n) is 3.55. The third kappa shape index (κ3) is 4.06. The fraction of sp³-hybridized carbons (Fsp3) is 0.200. The molecule has 0 radical (unpaired) electrons. The molecule has 0 aliphatic carbocycles. The first-order valence-electron chi connectivity index (χ1n) is 8.09. The summed E-state index contributed by atoms with van der Waals surface area (Å²) in [5.74, 6) is 0.943. The highest BCUT2D eigenvalue weighted by Crippen LogP contribution is 2.30. The average molecular weight is 372 g/mol. The number of ether oxygens (including phenoxy) is 3. The largest absolute Gasteiger partial charge is 0.493 e. The van der Waals surface area contributed by atoms with Gasteiger partial charge in [-0.1, -0.05) is 23.7 Å². The number of benzene rings is 2. The molecule has 0 amide bonds. The van der Waals surface area contributed by atoms with Crippen molar-refractivity contribution in [3.63, 3.8) is 0 Å². The van der Waals surface area contributed by atoms with Crippen LogP contribution >= 0.6 is 11.6 Å². The van der Waals surface area contributed by atoms with Crippen LogP contribution in [0.3, 0.4) is 0 Å². The van der Waals surface area contributed by atoms with Gasteiger partial charge in [0.2, 0.25) is 5.90 Å². The van der Waals surface area contributed by atoms with E-state index in [4.69, 9.17) is 25.8 Å². The predicted molar refractivity (Wildman–Crippen MR) is 101 cm³/mol. The molecule has 0 unspecified atom stereocenters. The molecule has 5 nitrogen and oxygen atoms in total. The number of hydrogen-bond donors (Lipinski definition) is 0. The van der Waals surface area contributed by atoms with Gasteiger partial charge in [0.25, 0.3) is 0 Å². The Morgan fingerprint density at radius 1 is 1.15 bits per heavy atom. The Kier molecular flexibility index (Phi) is 5.28. The standard InChI is InChI=1S/C20H18ClNO4/c1-12(2)25-18-10-13(7-8-17(18)24-3)9-16-20(23)26-19(22-16)14-5-4-6-15(21)11-14/h4-12H,1-3H3. The summed E-state index contributed by atoms with van der Waals surface area (Å²) in [6.07, 6.45) is 1.64. The van der Waals surface area contributed by atoms with Crippen LogP contribution in [0.1, 0.15) is 25.0 Å². The summed E-state index contributed by atoms with van der Waals surface area (Å²) >= 11 is 5.98. The quantitative estimate of drug-likeness (QED) is 0.574. The number of methoxy groups -OCH3 is 1. The maximum Gasteiger partial charge on any atom is 0.363 e. The van der Waals surface area contributed by atoms with E-state index in [9.17, 15) is 4.79 Å². The van der Waals surface area contributed by atoms with Crippen LogP contribution in [0, 0.1) is 0 Å². The van der Waals surface area contributed by atoms with Crippen LogP contribution in [0.4, 0.5) is 0 Å². The lowest BCUT2D eigenvalue weighted by Crippen LogP contribution is -2.07. The molecule has 0 aromatic heterocycles. The lowest BCUT2D eigenvalue weighted by Gasteiger charge is -2.13. The van der Waals surface area contributed by atoms with E-state index in [2.05, 4.69) is 4.99 Å². The lowest BCUT2D eigenvalue weighted by molar-refractivity contribution is -0.129. The van der Waals surface area contributed by atoms with Crippen LogP contribution in [-0.2, 0) is 9.53 Å². The first-order chi connectivity index (χ1) is 12.5. The highest BCUT2D eigenvalue weighted by Gasteiger charge is 2.24. The van der Waals surface area contributed by atoms with Gasteiger partial charge in [0, 0.05) is 10.6 Å². The minimum Gasteiger partial charge on any atom is -0.493 e. The summed E-state index contributed by atoms with van der Waals surface area (Å²) in [5, 5.41) is 0.546. The summed E-state index contributed by atoms with van der Waals surface area (Å²) in [7, 11) is 1.58. The molecule has 1 aliphatic rings. The summed E-state index contributed by atoms with van der Waals surface area (Å²) < 4.78 is 16.3. The van der Waals surface area contributed by atoms with Crippen LogP contribution < -0.4 is 9.47 Å². The molecule has 0 saturated heterocycles. The highest BCUT2D eigenvalue weighted by atomic mass is 35.5. The topological polar surface area (TPSA) is 57.1 Å². The number of rotatable bonds is 5. The molecule has 0 fully saturated rings. The highest BCUT2D eigenvalue weighted by molar-refractivity contribution is 6.31. The minimum atomic E-state index is -0.512. The Labute approximate surface area is 156 Å². The van der Waals surface area contributed by atoms with E-state index in [1.165, 1.54) is 0 Å². The van der Waals surface area contributed by atoms with Crippen LogP contribution in [0.25, 0.3) is 6.08 Å². The van der Waals surface area contributed by atoms with Gasteiger partial charge in [0.1, 0.15) is 0 Å². The molecular formula is C20H18ClNO4. The first kappa shape index (κ1) is 18.0. The maximum atomic E-state index is 12.1. The molecule has 0 atom stereocenters. The van der Waals surface area contributed by atoms with E-state index in [1.807, 2.05) is 19.9 Å². The van der Waals surface area contributed by atoms with Crippen molar-refractivity contribution in [1.82, 2.24) is 0 Å². The molecule has 3 rings (SSSR count). The van der Waals surface area contributed by atoms with Crippen LogP contribution in [0.15, 0.2) is 53.2 Å². The molecule has 0 saturated carbocycles. The third-order valence-corrected chi connectivity index (χ3v) is 3.78. The molecule has 0 N–H and O–H groups in total. The molecular weight excluding hydrogens is 354 g/mol. The van der Waals surface area contributed by atoms with Gasteiger partial charge in [0.15, 0.2) is 17.2 Å². The predicted octanol–water partition coefficient (Wildman–Crippen LogP) is 4.48. The van der Waals surface area contributed by atoms with Crippen molar-refractivity contribution in [2.75, 3.05) is 7.11 Å². The molecule has 1 heterocycles. The summed E-state index contributed by atoms with van der Waals surface area (Å²) in [6.45, 7) is 3.86. The fourth-order valence-electron chi connectivity index (χ4n) is 2.44. The molecule has 134 valence electrons. The number of halogens is 1. The number of aliphatic imine (C=N–C) groups is 1. The summed E-state index contributed by atoms with van der Waals surface area (Å²) in [6, 6.07) is 12.4. The summed E-state index contributed by atoms with van der Waals surface area (Å²) in [5.41, 5.74) is 1.61. The van der Waals surface area contributed by atoms with Gasteiger partial charge < -0.3 is 14.2 Å². The summed E-state index contributed by atoms with van der Waals surface area (Å²) in [4.78, 5) is 16.4. The molecule has 2 aromatic rings. The smallest absolute Gasteiger partial charge is 0.363 e. The number of carbonyl (C=O) groups excluding carboxylic acids is 1. The Morgan fingerprint density at radius 2 is 1.96 bits per heavy atom. The van der Waals surface area contributed by atoms with Gasteiger partial charge in [-0.3, -0.25) is 0 Å². The zero-order valence-corrected chi connectivity index (χ0v) is 15.4. The van der Waals surface area contributed by atoms with Crippen molar-refractivity contribution in [1.29, 1.82) is 0 Å². The fourth-order valence-corrected chi connectivity index (χ4v) is 2.63. The Morgan fingerprint density at radius 3 is 2.65 bits per heavy atom. The van der Waals surface area contributed by atoms with Crippen LogP contribution in [0.5, 0.6) is 11.5 Å². The molecule has 26 heavy (non-hydrogen) atoms. The lowest BCUT2D eigenvalue weighted by atomic mass is 10.1. The second-order valence-electron chi connectivity index (χ2n) is 5.92. The maximum absolute atomic E-state index is 12.1. The SMILES string of the molecule is COc1ccc(C=C2N=C(c3cccc(Cl)c3)OC2=O)cc1OC(C)C. The second-order valence-corrected chi connectivity index (χ2v) is 6.36. The number of carbonyl (C=O) groups is 1. The van der Waals surface area contributed by atoms with Crippen molar-refractivity contribution in [2.45, 2.75) is 20.0 Å². The first-order valence-corrected chi connectivity index (χ1v) is 8.47. The van der Waals surface area contributed by atoms with Crippen LogP contribution in [-0.4, -0.2) is 25.1 Å². The van der Waals surface area contributed by atoms with E-state index in [1.54, 1.807) is 49.6 Å². The molecule has 2 aromatic carbocycles. The Bertz CT molecular complexity index is 902. The normalized spacial score (nSPS) is 15.2. The van der Waals surface area contributed by atoms with E-state index < -0.39 is 5.97 Å². The molecule has 0 bridgehead atoms. The molecule has 0 spiro atoms. The minimum absolute atomic E-state index is 0.00398. The van der Waals surface area contributed by atoms with Crippen molar-refractivity contribution in [3.05, 3.63) is 64.3 Å². The van der Waals surface area contributed by atoms with E-state index >= 15 is 0 Å². The molecule has 1 aliphatic heterocycles. The monoisotopic (exact) mass is 371 g/mol. The Hall–Kier alpha value is -2.79. The van der Waals surface area contributed by atoms with E-state index in [-0.39, 0.29) is 17.7 Å². The van der Waals surface area contributed by atoms with Crippen molar-refractivity contribution in [3.8, 4) is 11.5 Å². The zero-order chi connectivity index (χ0) is 18.7. The van der Waals surface area contributed by atoms with Crippen LogP contribution in [0.2, 0.25) is 5.02 Å². The second kappa shape index (κ2) is 7.62. The number of hydrogen-bond acceptors (Lipinski definition) is 5. The van der Waals surface area contributed by atoms with Gasteiger partial charge in [-0.2, -0.15) is 0 Å². The Balaban J connectivity index is 1.93. The zero-order valence-electron chi connectivity index (χ0n) is 14.7. The van der Waals surface area contributed by atoms with Crippen molar-refractivity contribution in [2.24, 2.45) is 4.99 Å². The van der Waals surface area contributed by atoms with E-state index in [0.717, 1.165) is 5.56 Å². The number of esters is 1. The number of nitrogens with zero attached hydrogens (tertiary/aromatic N) is 1.